The van der Waals surface area contributed by atoms with Gasteiger partial charge < -0.3 is 10.3 Å². The van der Waals surface area contributed by atoms with Crippen molar-refractivity contribution in [2.45, 2.75) is 25.2 Å². The molecule has 156 valence electrons. The molecule has 1 fully saturated rings. The van der Waals surface area contributed by atoms with Crippen LogP contribution in [0.4, 0.5) is 22.4 Å². The van der Waals surface area contributed by atoms with E-state index in [0.29, 0.717) is 21.5 Å². The molecule has 3 amide bonds. The molecule has 1 atom stereocenters. The van der Waals surface area contributed by atoms with E-state index < -0.39 is 47.6 Å². The molecule has 0 saturated carbocycles. The van der Waals surface area contributed by atoms with Crippen LogP contribution in [0.3, 0.4) is 0 Å². The summed E-state index contributed by atoms with van der Waals surface area (Å²) in [6, 6.07) is 6.30. The summed E-state index contributed by atoms with van der Waals surface area (Å²) in [6.45, 7) is -0.601. The predicted molar refractivity (Wildman–Crippen MR) is 101 cm³/mol. The molecule has 30 heavy (non-hydrogen) atoms. The highest BCUT2D eigenvalue weighted by atomic mass is 35.5. The average molecular weight is 440 g/mol. The van der Waals surface area contributed by atoms with Crippen LogP contribution in [0.5, 0.6) is 0 Å². The van der Waals surface area contributed by atoms with Crippen LogP contribution in [0, 0.1) is 5.82 Å². The maximum atomic E-state index is 14.3. The Labute approximate surface area is 172 Å². The fourth-order valence-electron chi connectivity index (χ4n) is 3.52. The molecule has 0 bridgehead atoms. The predicted octanol–water partition coefficient (Wildman–Crippen LogP) is 4.64. The Balaban J connectivity index is 1.56. The number of urea groups is 1. The van der Waals surface area contributed by atoms with Crippen LogP contribution in [0.15, 0.2) is 42.6 Å². The molecule has 4 rings (SSSR count). The number of carbonyl (C=O) groups excluding carboxylic acids is 2. The maximum Gasteiger partial charge on any atom is 0.419 e. The first-order valence-electron chi connectivity index (χ1n) is 8.87. The third-order valence-corrected chi connectivity index (χ3v) is 5.31. The number of fused-ring (bicyclic) bond motifs is 1. The number of carbonyl (C=O) groups is 2. The van der Waals surface area contributed by atoms with Gasteiger partial charge in [-0.3, -0.25) is 9.69 Å². The first kappa shape index (κ1) is 20.2. The summed E-state index contributed by atoms with van der Waals surface area (Å²) in [4.78, 5) is 28.7. The Hall–Kier alpha value is -3.07. The summed E-state index contributed by atoms with van der Waals surface area (Å²) in [5.41, 5.74) is -0.417. The fraction of sp³-hybridized carbons (Fsp3) is 0.200. The zero-order chi connectivity index (χ0) is 21.6. The number of rotatable bonds is 4. The summed E-state index contributed by atoms with van der Waals surface area (Å²) in [7, 11) is 0. The van der Waals surface area contributed by atoms with Crippen molar-refractivity contribution >= 4 is 34.4 Å². The first-order chi connectivity index (χ1) is 14.2. The lowest BCUT2D eigenvalue weighted by atomic mass is 10.0. The number of nitrogens with zero attached hydrogens (tertiary/aromatic N) is 1. The third-order valence-electron chi connectivity index (χ3n) is 4.99. The molecular weight excluding hydrogens is 426 g/mol. The zero-order valence-corrected chi connectivity index (χ0v) is 15.9. The second kappa shape index (κ2) is 7.32. The number of nitrogens with one attached hydrogen (secondary N) is 2. The van der Waals surface area contributed by atoms with Gasteiger partial charge in [0.05, 0.1) is 22.6 Å². The van der Waals surface area contributed by atoms with Gasteiger partial charge in [-0.25, -0.2) is 9.18 Å². The van der Waals surface area contributed by atoms with E-state index in [1.54, 1.807) is 18.3 Å². The van der Waals surface area contributed by atoms with E-state index in [1.807, 2.05) is 6.07 Å². The number of amides is 3. The molecule has 2 aromatic carbocycles. The van der Waals surface area contributed by atoms with Gasteiger partial charge in [-0.1, -0.05) is 35.9 Å². The van der Waals surface area contributed by atoms with E-state index in [2.05, 4.69) is 10.3 Å². The summed E-state index contributed by atoms with van der Waals surface area (Å²) in [6.07, 6.45) is -3.06. The standard InChI is InChI=1S/C20H14ClF4N3O2/c21-14-6-2-4-12-11(8-26-17(12)14)7-15-18(29)28(19(30)27-15)9-10-3-1-5-13(16(10)22)20(23,24)25/h1-6,8,15,26H,7,9H2,(H,27,30)/t15-/m1/s1. The van der Waals surface area contributed by atoms with Crippen LogP contribution in [-0.2, 0) is 23.9 Å². The van der Waals surface area contributed by atoms with Gasteiger partial charge in [0.25, 0.3) is 5.91 Å². The molecule has 3 aromatic rings. The Morgan fingerprint density at radius 1 is 1.07 bits per heavy atom. The summed E-state index contributed by atoms with van der Waals surface area (Å²) >= 11 is 6.12. The van der Waals surface area contributed by atoms with E-state index >= 15 is 0 Å². The molecule has 2 heterocycles. The monoisotopic (exact) mass is 439 g/mol. The quantitative estimate of drug-likeness (QED) is 0.459. The van der Waals surface area contributed by atoms with E-state index in [4.69, 9.17) is 11.6 Å². The van der Waals surface area contributed by atoms with Crippen LogP contribution in [-0.4, -0.2) is 27.9 Å². The van der Waals surface area contributed by atoms with Gasteiger partial charge in [0, 0.05) is 23.6 Å². The highest BCUT2D eigenvalue weighted by Crippen LogP contribution is 2.33. The maximum absolute atomic E-state index is 14.3. The van der Waals surface area contributed by atoms with Crippen LogP contribution >= 0.6 is 11.6 Å². The van der Waals surface area contributed by atoms with Gasteiger partial charge in [0.2, 0.25) is 0 Å². The number of alkyl halides is 3. The fourth-order valence-corrected chi connectivity index (χ4v) is 3.75. The molecular formula is C20H14ClF4N3O2. The number of para-hydroxylation sites is 1. The van der Waals surface area contributed by atoms with Gasteiger partial charge in [-0.15, -0.1) is 0 Å². The largest absolute Gasteiger partial charge is 0.419 e. The van der Waals surface area contributed by atoms with Crippen molar-refractivity contribution in [1.82, 2.24) is 15.2 Å². The second-order valence-corrected chi connectivity index (χ2v) is 7.29. The summed E-state index contributed by atoms with van der Waals surface area (Å²) < 4.78 is 53.0. The van der Waals surface area contributed by atoms with Gasteiger partial charge in [0.15, 0.2) is 0 Å². The molecule has 1 aliphatic heterocycles. The molecule has 0 unspecified atom stereocenters. The molecule has 5 nitrogen and oxygen atoms in total. The van der Waals surface area contributed by atoms with E-state index in [9.17, 15) is 27.2 Å². The van der Waals surface area contributed by atoms with E-state index in [1.165, 1.54) is 0 Å². The number of H-pyrrole nitrogens is 1. The molecule has 0 spiro atoms. The normalized spacial score (nSPS) is 17.1. The zero-order valence-electron chi connectivity index (χ0n) is 15.2. The van der Waals surface area contributed by atoms with Crippen molar-refractivity contribution in [1.29, 1.82) is 0 Å². The average Bonchev–Trinajstić information content (AvgIpc) is 3.20. The first-order valence-corrected chi connectivity index (χ1v) is 9.25. The van der Waals surface area contributed by atoms with Gasteiger partial charge in [-0.2, -0.15) is 13.2 Å². The number of aromatic amines is 1. The van der Waals surface area contributed by atoms with E-state index in [-0.39, 0.29) is 6.42 Å². The van der Waals surface area contributed by atoms with Crippen molar-refractivity contribution in [2.75, 3.05) is 0 Å². The van der Waals surface area contributed by atoms with Crippen molar-refractivity contribution in [3.8, 4) is 0 Å². The Bertz CT molecular complexity index is 1160. The lowest BCUT2D eigenvalue weighted by Crippen LogP contribution is -2.32. The van der Waals surface area contributed by atoms with E-state index in [0.717, 1.165) is 23.1 Å². The number of imide groups is 1. The molecule has 2 N–H and O–H groups in total. The SMILES string of the molecule is O=C1N[C@H](Cc2c[nH]c3c(Cl)cccc23)C(=O)N1Cc1cccc(C(F)(F)F)c1F. The minimum Gasteiger partial charge on any atom is -0.360 e. The lowest BCUT2D eigenvalue weighted by Gasteiger charge is -2.16. The molecule has 1 aliphatic rings. The van der Waals surface area contributed by atoms with Gasteiger partial charge >= 0.3 is 12.2 Å². The summed E-state index contributed by atoms with van der Waals surface area (Å²) in [5.74, 6) is -2.14. The highest BCUT2D eigenvalue weighted by Gasteiger charge is 2.40. The van der Waals surface area contributed by atoms with Crippen LogP contribution in [0.2, 0.25) is 5.02 Å². The Morgan fingerprint density at radius 3 is 2.53 bits per heavy atom. The van der Waals surface area contributed by atoms with Crippen LogP contribution in [0.1, 0.15) is 16.7 Å². The van der Waals surface area contributed by atoms with Crippen molar-refractivity contribution in [3.05, 3.63) is 70.1 Å². The molecule has 10 heteroatoms. The van der Waals surface area contributed by atoms with Crippen LogP contribution in [0.25, 0.3) is 10.9 Å². The number of benzene rings is 2. The van der Waals surface area contributed by atoms with Crippen molar-refractivity contribution in [3.63, 3.8) is 0 Å². The Morgan fingerprint density at radius 2 is 1.80 bits per heavy atom. The number of aromatic nitrogens is 1. The van der Waals surface area contributed by atoms with Crippen molar-refractivity contribution < 1.29 is 27.2 Å². The number of hydrogen-bond donors (Lipinski definition) is 2. The molecule has 1 saturated heterocycles. The molecule has 0 aliphatic carbocycles. The third kappa shape index (κ3) is 3.49. The van der Waals surface area contributed by atoms with Gasteiger partial charge in [-0.05, 0) is 17.7 Å². The smallest absolute Gasteiger partial charge is 0.360 e. The topological polar surface area (TPSA) is 65.2 Å². The number of halogens is 5. The molecule has 1 aromatic heterocycles. The lowest BCUT2D eigenvalue weighted by molar-refractivity contribution is -0.140. The molecule has 0 radical (unpaired) electrons. The minimum atomic E-state index is -4.88. The Kier molecular flexibility index (Phi) is 4.93. The summed E-state index contributed by atoms with van der Waals surface area (Å²) in [5, 5.41) is 3.79. The highest BCUT2D eigenvalue weighted by molar-refractivity contribution is 6.35. The minimum absolute atomic E-state index is 0.145. The van der Waals surface area contributed by atoms with Crippen molar-refractivity contribution in [2.24, 2.45) is 0 Å². The number of hydrogen-bond acceptors (Lipinski definition) is 2. The van der Waals surface area contributed by atoms with Crippen LogP contribution < -0.4 is 5.32 Å². The van der Waals surface area contributed by atoms with Gasteiger partial charge in [0.1, 0.15) is 11.9 Å². The second-order valence-electron chi connectivity index (χ2n) is 6.88.